The van der Waals surface area contributed by atoms with Crippen LogP contribution in [0.5, 0.6) is 0 Å². The monoisotopic (exact) mass is 548 g/mol. The van der Waals surface area contributed by atoms with Crippen molar-refractivity contribution in [3.63, 3.8) is 0 Å². The Morgan fingerprint density at radius 3 is 1.03 bits per heavy atom. The Bertz CT molecular complexity index is 1300. The summed E-state index contributed by atoms with van der Waals surface area (Å²) in [5.41, 5.74) is 0. The van der Waals surface area contributed by atoms with Gasteiger partial charge in [0.1, 0.15) is 45.7 Å². The first-order valence-corrected chi connectivity index (χ1v) is 16.5. The number of hydrogen-bond acceptors (Lipinski definition) is 2. The molecule has 4 aromatic carbocycles. The number of hydrogen-bond donors (Lipinski definition) is 0. The van der Waals surface area contributed by atoms with Gasteiger partial charge in [-0.2, -0.15) is 0 Å². The van der Waals surface area contributed by atoms with E-state index in [1.54, 1.807) is 0 Å². The van der Waals surface area contributed by atoms with E-state index >= 15 is 0 Å². The Balaban J connectivity index is 1.27. The van der Waals surface area contributed by atoms with E-state index in [2.05, 4.69) is 140 Å². The number of nitrogens with zero attached hydrogens (tertiary/aromatic N) is 4. The van der Waals surface area contributed by atoms with Crippen molar-refractivity contribution < 1.29 is 9.15 Å². The molecule has 194 valence electrons. The summed E-state index contributed by atoms with van der Waals surface area (Å²) >= 11 is 0. The summed E-state index contributed by atoms with van der Waals surface area (Å²) in [7, 11) is -1.27. The van der Waals surface area contributed by atoms with Crippen LogP contribution in [0.15, 0.2) is 121 Å². The number of benzene rings is 4. The molecule has 4 aromatic rings. The third kappa shape index (κ3) is 4.82. The first kappa shape index (κ1) is 24.7. The second kappa shape index (κ2) is 11.0. The van der Waals surface area contributed by atoms with Gasteiger partial charge in [-0.1, -0.05) is 121 Å². The minimum absolute atomic E-state index is 0.633. The molecule has 0 unspecified atom stereocenters. The molecule has 0 fully saturated rings. The van der Waals surface area contributed by atoms with Gasteiger partial charge in [0.25, 0.3) is 11.7 Å². The molecule has 0 saturated carbocycles. The van der Waals surface area contributed by atoms with Crippen molar-refractivity contribution in [3.8, 4) is 0 Å². The van der Waals surface area contributed by atoms with Gasteiger partial charge in [-0.15, -0.1) is 0 Å². The van der Waals surface area contributed by atoms with Crippen LogP contribution in [0.3, 0.4) is 0 Å². The fourth-order valence-electron chi connectivity index (χ4n) is 6.11. The lowest BCUT2D eigenvalue weighted by molar-refractivity contribution is -0.585. The maximum atomic E-state index is 2.76. The van der Waals surface area contributed by atoms with Crippen LogP contribution in [0.1, 0.15) is 6.42 Å². The highest BCUT2D eigenvalue weighted by atomic mass is 31.1. The largest absolute Gasteiger partial charge is 0.262 e. The molecule has 0 aromatic heterocycles. The second-order valence-electron chi connectivity index (χ2n) is 10.2. The Hall–Kier alpha value is -3.32. The van der Waals surface area contributed by atoms with E-state index in [1.165, 1.54) is 32.9 Å². The van der Waals surface area contributed by atoms with Gasteiger partial charge in [0, 0.05) is 21.2 Å². The highest BCUT2D eigenvalue weighted by molar-refractivity contribution is 7.71. The maximum Gasteiger partial charge on any atom is 0.262 e. The molecule has 4 nitrogen and oxygen atoms in total. The summed E-state index contributed by atoms with van der Waals surface area (Å²) in [4.78, 5) is 0. The number of rotatable bonds is 6. The van der Waals surface area contributed by atoms with Gasteiger partial charge >= 0.3 is 0 Å². The van der Waals surface area contributed by atoms with Crippen molar-refractivity contribution in [3.05, 3.63) is 121 Å². The lowest BCUT2D eigenvalue weighted by Gasteiger charge is -2.26. The maximum absolute atomic E-state index is 2.76. The van der Waals surface area contributed by atoms with Gasteiger partial charge < -0.3 is 0 Å². The van der Waals surface area contributed by atoms with Crippen molar-refractivity contribution in [1.82, 2.24) is 9.34 Å². The van der Waals surface area contributed by atoms with E-state index in [0.717, 1.165) is 45.7 Å². The normalized spacial score (nSPS) is 17.2. The van der Waals surface area contributed by atoms with Crippen LogP contribution < -0.4 is 21.2 Å². The minimum atomic E-state index is -0.633. The van der Waals surface area contributed by atoms with Crippen LogP contribution in [0, 0.1) is 0 Å². The van der Waals surface area contributed by atoms with Gasteiger partial charge in [0.05, 0.1) is 0 Å². The van der Waals surface area contributed by atoms with Crippen LogP contribution in [0.2, 0.25) is 0 Å². The van der Waals surface area contributed by atoms with Crippen LogP contribution in [0.25, 0.3) is 0 Å². The molecule has 0 aliphatic carbocycles. The van der Waals surface area contributed by atoms with Crippen LogP contribution in [-0.4, -0.2) is 69.4 Å². The Morgan fingerprint density at radius 1 is 0.410 bits per heavy atom. The predicted octanol–water partition coefficient (Wildman–Crippen LogP) is 3.94. The summed E-state index contributed by atoms with van der Waals surface area (Å²) in [6, 6.07) is 44.7. The zero-order valence-electron chi connectivity index (χ0n) is 22.2. The molecule has 7 rings (SSSR count). The minimum Gasteiger partial charge on any atom is -0.257 e. The standard InChI is InChI=1S/C33H34N4P2/c1-5-13-28(14-6-1)38(29-15-7-2-8-16-29)36-25-23-34-21-22-35-24-26-37(33(35)27-32(34)36)39(30-17-9-3-10-18-30)31-19-11-4-12-20-31/h1-20H,21-27H2/q+2. The smallest absolute Gasteiger partial charge is 0.257 e. The molecular weight excluding hydrogens is 514 g/mol. The van der Waals surface area contributed by atoms with Gasteiger partial charge in [0.15, 0.2) is 16.1 Å². The zero-order valence-corrected chi connectivity index (χ0v) is 24.0. The highest BCUT2D eigenvalue weighted by Crippen LogP contribution is 2.44. The van der Waals surface area contributed by atoms with E-state index in [-0.39, 0.29) is 0 Å². The molecule has 3 aliphatic rings. The third-order valence-electron chi connectivity index (χ3n) is 7.93. The van der Waals surface area contributed by atoms with Gasteiger partial charge in [-0.3, -0.25) is 9.15 Å². The molecule has 6 heteroatoms. The summed E-state index contributed by atoms with van der Waals surface area (Å²) < 4.78 is 10.9. The van der Waals surface area contributed by atoms with Crippen LogP contribution in [0.4, 0.5) is 0 Å². The first-order valence-electron chi connectivity index (χ1n) is 13.9. The zero-order chi connectivity index (χ0) is 26.0. The molecule has 0 atom stereocenters. The second-order valence-corrected chi connectivity index (χ2v) is 14.5. The van der Waals surface area contributed by atoms with E-state index in [0.29, 0.717) is 0 Å². The van der Waals surface area contributed by atoms with E-state index in [4.69, 9.17) is 0 Å². The van der Waals surface area contributed by atoms with Crippen molar-refractivity contribution in [2.24, 2.45) is 0 Å². The van der Waals surface area contributed by atoms with Crippen molar-refractivity contribution in [2.75, 3.05) is 39.3 Å². The van der Waals surface area contributed by atoms with Crippen molar-refractivity contribution >= 4 is 49.0 Å². The summed E-state index contributed by atoms with van der Waals surface area (Å²) in [5, 5.41) is 5.72. The molecule has 39 heavy (non-hydrogen) atoms. The number of amidine groups is 2. The van der Waals surface area contributed by atoms with Crippen LogP contribution in [-0.2, 0) is 0 Å². The average molecular weight is 549 g/mol. The summed E-state index contributed by atoms with van der Waals surface area (Å²) in [5.74, 6) is 3.02. The molecular formula is C33H34N4P2+2. The van der Waals surface area contributed by atoms with Gasteiger partial charge in [-0.05, 0) is 0 Å². The Labute approximate surface area is 234 Å². The average Bonchev–Trinajstić information content (AvgIpc) is 3.53. The fraction of sp³-hybridized carbons (Fsp3) is 0.212. The SMILES string of the molecule is c1ccc(P(c2ccccc2)N2CC[N+]3=C2CC2=[N+](CCN2P(c2ccccc2)c2ccccc2)CC3)cc1. The molecule has 0 saturated heterocycles. The van der Waals surface area contributed by atoms with E-state index < -0.39 is 16.1 Å². The highest BCUT2D eigenvalue weighted by Gasteiger charge is 2.47. The summed E-state index contributed by atoms with van der Waals surface area (Å²) in [6.07, 6.45) is 0.997. The third-order valence-corrected chi connectivity index (χ3v) is 12.9. The quantitative estimate of drug-likeness (QED) is 0.268. The lowest BCUT2D eigenvalue weighted by Crippen LogP contribution is -2.38. The van der Waals surface area contributed by atoms with Crippen molar-refractivity contribution in [1.29, 1.82) is 0 Å². The molecule has 0 bridgehead atoms. The molecule has 0 radical (unpaired) electrons. The predicted molar refractivity (Wildman–Crippen MR) is 166 cm³/mol. The topological polar surface area (TPSA) is 12.5 Å². The van der Waals surface area contributed by atoms with Gasteiger partial charge in [0.2, 0.25) is 0 Å². The van der Waals surface area contributed by atoms with E-state index in [9.17, 15) is 0 Å². The lowest BCUT2D eigenvalue weighted by atomic mass is 10.3. The summed E-state index contributed by atoms with van der Waals surface area (Å²) in [6.45, 7) is 6.60. The molecule has 3 aliphatic heterocycles. The molecule has 3 heterocycles. The van der Waals surface area contributed by atoms with E-state index in [1.807, 2.05) is 0 Å². The molecule has 0 N–H and O–H groups in total. The molecule has 0 spiro atoms. The molecule has 0 amide bonds. The van der Waals surface area contributed by atoms with Crippen LogP contribution >= 0.6 is 16.1 Å². The first-order chi connectivity index (χ1) is 19.4. The van der Waals surface area contributed by atoms with Gasteiger partial charge in [-0.25, -0.2) is 9.34 Å². The van der Waals surface area contributed by atoms with Crippen molar-refractivity contribution in [2.45, 2.75) is 6.42 Å². The Kier molecular flexibility index (Phi) is 7.00. The fourth-order valence-corrected chi connectivity index (χ4v) is 11.1. The Morgan fingerprint density at radius 2 is 0.718 bits per heavy atom.